The Balaban J connectivity index is 1.57. The molecule has 0 bridgehead atoms. The lowest BCUT2D eigenvalue weighted by Gasteiger charge is -2.26. The van der Waals surface area contributed by atoms with Crippen molar-refractivity contribution in [2.24, 2.45) is 5.92 Å². The number of pyridine rings is 2. The van der Waals surface area contributed by atoms with E-state index in [0.717, 1.165) is 43.7 Å². The molecule has 1 aliphatic carbocycles. The van der Waals surface area contributed by atoms with Crippen molar-refractivity contribution in [2.45, 2.75) is 44.2 Å². The molecule has 1 aliphatic rings. The average Bonchev–Trinajstić information content (AvgIpc) is 3.21. The quantitative estimate of drug-likeness (QED) is 0.531. The van der Waals surface area contributed by atoms with Gasteiger partial charge in [-0.15, -0.1) is 0 Å². The molecule has 0 aromatic carbocycles. The van der Waals surface area contributed by atoms with Crippen molar-refractivity contribution in [1.82, 2.24) is 14.6 Å². The molecule has 0 atom stereocenters. The number of nitrogens with one attached hydrogen (secondary N) is 1. The predicted molar refractivity (Wildman–Crippen MR) is 114 cm³/mol. The van der Waals surface area contributed by atoms with E-state index in [1.807, 2.05) is 6.07 Å². The first-order chi connectivity index (χ1) is 15.8. The van der Waals surface area contributed by atoms with Crippen LogP contribution in [0.4, 0.5) is 19.0 Å². The molecule has 3 heterocycles. The maximum absolute atomic E-state index is 12.9. The summed E-state index contributed by atoms with van der Waals surface area (Å²) in [4.78, 5) is 27.1. The van der Waals surface area contributed by atoms with E-state index in [4.69, 9.17) is 4.74 Å². The van der Waals surface area contributed by atoms with Gasteiger partial charge in [-0.25, -0.2) is 9.50 Å². The minimum Gasteiger partial charge on any atom is -0.494 e. The monoisotopic (exact) mass is 460 g/mol. The molecule has 3 aromatic rings. The summed E-state index contributed by atoms with van der Waals surface area (Å²) in [6.45, 7) is 0. The Labute approximate surface area is 188 Å². The van der Waals surface area contributed by atoms with E-state index >= 15 is 0 Å². The molecule has 10 heteroatoms. The first-order valence-corrected chi connectivity index (χ1v) is 10.6. The predicted octanol–water partition coefficient (Wildman–Crippen LogP) is 4.87. The third-order valence-electron chi connectivity index (χ3n) is 6.02. The zero-order valence-electron chi connectivity index (χ0n) is 17.9. The molecule has 0 radical (unpaired) electrons. The molecular formula is C23H23F3N4O3. The van der Waals surface area contributed by atoms with Crippen LogP contribution in [-0.4, -0.2) is 33.9 Å². The van der Waals surface area contributed by atoms with E-state index in [0.29, 0.717) is 17.9 Å². The Morgan fingerprint density at radius 2 is 2.00 bits per heavy atom. The van der Waals surface area contributed by atoms with Crippen LogP contribution < -0.4 is 10.1 Å². The smallest absolute Gasteiger partial charge is 0.433 e. The number of hydrogen-bond donors (Lipinski definition) is 1. The van der Waals surface area contributed by atoms with Crippen LogP contribution in [0.25, 0.3) is 5.52 Å². The highest BCUT2D eigenvalue weighted by Gasteiger charge is 2.32. The Morgan fingerprint density at radius 3 is 2.67 bits per heavy atom. The Kier molecular flexibility index (Phi) is 6.35. The number of carbonyl (C=O) groups excluding carboxylic acids is 2. The molecule has 1 amide bonds. The first-order valence-electron chi connectivity index (χ1n) is 10.6. The van der Waals surface area contributed by atoms with Crippen molar-refractivity contribution in [3.8, 4) is 5.75 Å². The number of rotatable bonds is 6. The van der Waals surface area contributed by atoms with E-state index in [1.54, 1.807) is 16.8 Å². The van der Waals surface area contributed by atoms with Crippen LogP contribution in [0.1, 0.15) is 59.8 Å². The molecule has 1 saturated carbocycles. The lowest BCUT2D eigenvalue weighted by molar-refractivity contribution is -0.141. The summed E-state index contributed by atoms with van der Waals surface area (Å²) in [6, 6.07) is 6.80. The van der Waals surface area contributed by atoms with Crippen molar-refractivity contribution in [3.63, 3.8) is 0 Å². The summed E-state index contributed by atoms with van der Waals surface area (Å²) < 4.78 is 45.7. The van der Waals surface area contributed by atoms with Gasteiger partial charge in [0, 0.05) is 12.3 Å². The normalized spacial score (nSPS) is 18.8. The van der Waals surface area contributed by atoms with E-state index in [1.165, 1.54) is 19.2 Å². The van der Waals surface area contributed by atoms with E-state index in [2.05, 4.69) is 15.4 Å². The number of ether oxygens (including phenoxy) is 1. The third-order valence-corrected chi connectivity index (χ3v) is 6.02. The topological polar surface area (TPSA) is 85.6 Å². The summed E-state index contributed by atoms with van der Waals surface area (Å²) in [6.07, 6.45) is 2.35. The number of anilines is 1. The van der Waals surface area contributed by atoms with Gasteiger partial charge in [0.2, 0.25) is 0 Å². The lowest BCUT2D eigenvalue weighted by Crippen LogP contribution is -2.16. The molecule has 1 N–H and O–H groups in total. The number of carbonyl (C=O) groups is 2. The van der Waals surface area contributed by atoms with E-state index < -0.39 is 17.8 Å². The number of nitrogens with zero attached hydrogens (tertiary/aromatic N) is 3. The molecule has 0 spiro atoms. The Bertz CT molecular complexity index is 1170. The average molecular weight is 460 g/mol. The van der Waals surface area contributed by atoms with Crippen LogP contribution in [0.15, 0.2) is 36.5 Å². The number of alkyl halides is 3. The summed E-state index contributed by atoms with van der Waals surface area (Å²) in [5.41, 5.74) is 0.637. The van der Waals surface area contributed by atoms with Gasteiger partial charge in [0.1, 0.15) is 23.5 Å². The zero-order valence-corrected chi connectivity index (χ0v) is 17.9. The standard InChI is InChI=1S/C23H23F3N4O3/c1-33-19-13-30-16(12-18(29-30)15-7-5-14(6-8-15)9-10-31)11-17(19)22(32)28-21-4-2-3-20(27-21)23(24,25)26/h2-4,10-15H,5-9H2,1H3,(H,27,28,32). The number of aldehydes is 1. The molecule has 0 aliphatic heterocycles. The molecule has 0 saturated heterocycles. The van der Waals surface area contributed by atoms with Crippen LogP contribution >= 0.6 is 0 Å². The van der Waals surface area contributed by atoms with Gasteiger partial charge < -0.3 is 14.8 Å². The highest BCUT2D eigenvalue weighted by Crippen LogP contribution is 2.37. The van der Waals surface area contributed by atoms with Crippen LogP contribution in [0.5, 0.6) is 5.75 Å². The van der Waals surface area contributed by atoms with Crippen LogP contribution in [0, 0.1) is 5.92 Å². The molecule has 7 nitrogen and oxygen atoms in total. The van der Waals surface area contributed by atoms with Gasteiger partial charge in [-0.1, -0.05) is 6.07 Å². The van der Waals surface area contributed by atoms with Gasteiger partial charge in [-0.3, -0.25) is 4.79 Å². The first kappa shape index (κ1) is 22.8. The van der Waals surface area contributed by atoms with Crippen LogP contribution in [-0.2, 0) is 11.0 Å². The number of amides is 1. The molecule has 4 rings (SSSR count). The van der Waals surface area contributed by atoms with Crippen molar-refractivity contribution in [1.29, 1.82) is 0 Å². The van der Waals surface area contributed by atoms with Crippen molar-refractivity contribution < 1.29 is 27.5 Å². The van der Waals surface area contributed by atoms with Gasteiger partial charge >= 0.3 is 6.18 Å². The Hall–Kier alpha value is -3.43. The maximum Gasteiger partial charge on any atom is 0.433 e. The van der Waals surface area contributed by atoms with Crippen LogP contribution in [0.3, 0.4) is 0 Å². The van der Waals surface area contributed by atoms with Crippen LogP contribution in [0.2, 0.25) is 0 Å². The fourth-order valence-electron chi connectivity index (χ4n) is 4.25. The highest BCUT2D eigenvalue weighted by molar-refractivity contribution is 6.06. The number of hydrogen-bond acceptors (Lipinski definition) is 5. The van der Waals surface area contributed by atoms with Crippen molar-refractivity contribution in [2.75, 3.05) is 12.4 Å². The Morgan fingerprint density at radius 1 is 1.24 bits per heavy atom. The summed E-state index contributed by atoms with van der Waals surface area (Å²) in [7, 11) is 1.40. The largest absolute Gasteiger partial charge is 0.494 e. The molecule has 0 unspecified atom stereocenters. The van der Waals surface area contributed by atoms with E-state index in [-0.39, 0.29) is 23.0 Å². The number of methoxy groups -OCH3 is 1. The second kappa shape index (κ2) is 9.21. The van der Waals surface area contributed by atoms with Gasteiger partial charge in [0.05, 0.1) is 30.1 Å². The number of aromatic nitrogens is 3. The minimum atomic E-state index is -4.61. The fraction of sp³-hybridized carbons (Fsp3) is 0.391. The van der Waals surface area contributed by atoms with Gasteiger partial charge in [0.25, 0.3) is 5.91 Å². The van der Waals surface area contributed by atoms with Crippen molar-refractivity contribution >= 4 is 23.5 Å². The third kappa shape index (κ3) is 4.99. The fourth-order valence-corrected chi connectivity index (χ4v) is 4.25. The maximum atomic E-state index is 12.9. The number of halogens is 3. The summed E-state index contributed by atoms with van der Waals surface area (Å²) in [5.74, 6) is 0.0775. The summed E-state index contributed by atoms with van der Waals surface area (Å²) >= 11 is 0. The second-order valence-electron chi connectivity index (χ2n) is 8.17. The van der Waals surface area contributed by atoms with Gasteiger partial charge in [-0.05, 0) is 55.9 Å². The van der Waals surface area contributed by atoms with Gasteiger partial charge in [-0.2, -0.15) is 18.3 Å². The molecule has 174 valence electrons. The number of fused-ring (bicyclic) bond motifs is 1. The minimum absolute atomic E-state index is 0.158. The second-order valence-corrected chi connectivity index (χ2v) is 8.17. The zero-order chi connectivity index (χ0) is 23.6. The lowest BCUT2D eigenvalue weighted by atomic mass is 9.79. The molecule has 33 heavy (non-hydrogen) atoms. The molecule has 1 fully saturated rings. The highest BCUT2D eigenvalue weighted by atomic mass is 19.4. The molecular weight excluding hydrogens is 437 g/mol. The van der Waals surface area contributed by atoms with E-state index in [9.17, 15) is 22.8 Å². The summed E-state index contributed by atoms with van der Waals surface area (Å²) in [5, 5.41) is 7.05. The SMILES string of the molecule is COc1cn2nc(C3CCC(CC=O)CC3)cc2cc1C(=O)Nc1cccc(C(F)(F)F)n1. The molecule has 3 aromatic heterocycles. The van der Waals surface area contributed by atoms with Crippen molar-refractivity contribution in [3.05, 3.63) is 53.5 Å². The van der Waals surface area contributed by atoms with Gasteiger partial charge in [0.15, 0.2) is 0 Å².